The Balaban J connectivity index is 1.63. The molecule has 0 aliphatic heterocycles. The molecule has 0 bridgehead atoms. The number of hydrogen-bond donors (Lipinski definition) is 2. The normalized spacial score (nSPS) is 24.1. The van der Waals surface area contributed by atoms with Gasteiger partial charge in [-0.05, 0) is 25.2 Å². The minimum absolute atomic E-state index is 0.574. The zero-order chi connectivity index (χ0) is 11.9. The lowest BCUT2D eigenvalue weighted by Gasteiger charge is -2.24. The van der Waals surface area contributed by atoms with E-state index in [1.165, 1.54) is 64.2 Å². The first-order valence-electron chi connectivity index (χ1n) is 7.41. The van der Waals surface area contributed by atoms with E-state index < -0.39 is 0 Å². The van der Waals surface area contributed by atoms with E-state index in [0.717, 1.165) is 12.5 Å². The molecule has 2 saturated carbocycles. The van der Waals surface area contributed by atoms with Crippen LogP contribution < -0.4 is 11.1 Å². The number of nitrogens with zero attached hydrogens (tertiary/aromatic N) is 1. The number of aliphatic imine (C=N–C) groups is 1. The molecule has 3 N–H and O–H groups in total. The maximum Gasteiger partial charge on any atom is 0.188 e. The van der Waals surface area contributed by atoms with Gasteiger partial charge in [0.05, 0.1) is 0 Å². The highest BCUT2D eigenvalue weighted by Gasteiger charge is 2.16. The molecule has 3 nitrogen and oxygen atoms in total. The van der Waals surface area contributed by atoms with E-state index in [1.807, 2.05) is 0 Å². The minimum Gasteiger partial charge on any atom is -0.370 e. The van der Waals surface area contributed by atoms with Crippen molar-refractivity contribution in [1.29, 1.82) is 0 Å². The Morgan fingerprint density at radius 3 is 2.29 bits per heavy atom. The fraction of sp³-hybridized carbons (Fsp3) is 0.929. The zero-order valence-corrected chi connectivity index (χ0v) is 11.0. The summed E-state index contributed by atoms with van der Waals surface area (Å²) < 4.78 is 0. The van der Waals surface area contributed by atoms with Gasteiger partial charge in [0.2, 0.25) is 0 Å². The predicted molar refractivity (Wildman–Crippen MR) is 73.1 cm³/mol. The molecule has 2 rings (SSSR count). The number of nitrogens with one attached hydrogen (secondary N) is 1. The van der Waals surface area contributed by atoms with Gasteiger partial charge in [0.15, 0.2) is 5.96 Å². The topological polar surface area (TPSA) is 50.4 Å². The molecule has 98 valence electrons. The van der Waals surface area contributed by atoms with Crippen molar-refractivity contribution in [2.24, 2.45) is 16.6 Å². The first-order valence-corrected chi connectivity index (χ1v) is 7.41. The fourth-order valence-corrected chi connectivity index (χ4v) is 2.83. The van der Waals surface area contributed by atoms with Gasteiger partial charge in [0.1, 0.15) is 0 Å². The molecule has 2 aliphatic carbocycles. The van der Waals surface area contributed by atoms with Gasteiger partial charge in [-0.3, -0.25) is 4.99 Å². The number of rotatable bonds is 4. The maximum atomic E-state index is 5.94. The second kappa shape index (κ2) is 6.87. The van der Waals surface area contributed by atoms with Gasteiger partial charge < -0.3 is 11.1 Å². The predicted octanol–water partition coefficient (Wildman–Crippen LogP) is 2.80. The average molecular weight is 237 g/mol. The lowest BCUT2D eigenvalue weighted by Crippen LogP contribution is -2.40. The summed E-state index contributed by atoms with van der Waals surface area (Å²) in [6.45, 7) is 0.913. The van der Waals surface area contributed by atoms with Crippen LogP contribution in [0.1, 0.15) is 64.2 Å². The SMILES string of the molecule is NC(=NCCC1CCC1)NC1CCCCCC1. The zero-order valence-electron chi connectivity index (χ0n) is 11.0. The van der Waals surface area contributed by atoms with Gasteiger partial charge in [-0.2, -0.15) is 0 Å². The first kappa shape index (κ1) is 12.7. The molecule has 0 aromatic rings. The Hall–Kier alpha value is -0.730. The first-order chi connectivity index (χ1) is 8.34. The molecule has 0 atom stereocenters. The highest BCUT2D eigenvalue weighted by Crippen LogP contribution is 2.29. The Morgan fingerprint density at radius 2 is 1.71 bits per heavy atom. The van der Waals surface area contributed by atoms with Crippen molar-refractivity contribution in [2.75, 3.05) is 6.54 Å². The number of guanidine groups is 1. The van der Waals surface area contributed by atoms with E-state index in [2.05, 4.69) is 10.3 Å². The average Bonchev–Trinajstić information content (AvgIpc) is 2.50. The lowest BCUT2D eigenvalue weighted by atomic mass is 9.83. The summed E-state index contributed by atoms with van der Waals surface area (Å²) in [4.78, 5) is 4.45. The van der Waals surface area contributed by atoms with Crippen molar-refractivity contribution in [3.05, 3.63) is 0 Å². The molecule has 0 spiro atoms. The monoisotopic (exact) mass is 237 g/mol. The summed E-state index contributed by atoms with van der Waals surface area (Å²) >= 11 is 0. The Kier molecular flexibility index (Phi) is 5.14. The van der Waals surface area contributed by atoms with Crippen LogP contribution in [0, 0.1) is 5.92 Å². The highest BCUT2D eigenvalue weighted by molar-refractivity contribution is 5.78. The van der Waals surface area contributed by atoms with Crippen LogP contribution in [0.25, 0.3) is 0 Å². The summed E-state index contributed by atoms with van der Waals surface area (Å²) in [5.74, 6) is 1.61. The van der Waals surface area contributed by atoms with Crippen molar-refractivity contribution in [3.8, 4) is 0 Å². The van der Waals surface area contributed by atoms with E-state index in [4.69, 9.17) is 5.73 Å². The van der Waals surface area contributed by atoms with Crippen molar-refractivity contribution in [1.82, 2.24) is 5.32 Å². The van der Waals surface area contributed by atoms with Crippen LogP contribution in [0.2, 0.25) is 0 Å². The molecule has 0 aromatic heterocycles. The molecular weight excluding hydrogens is 210 g/mol. The molecule has 0 radical (unpaired) electrons. The van der Waals surface area contributed by atoms with E-state index in [9.17, 15) is 0 Å². The summed E-state index contributed by atoms with van der Waals surface area (Å²) in [7, 11) is 0. The van der Waals surface area contributed by atoms with Crippen LogP contribution >= 0.6 is 0 Å². The second-order valence-electron chi connectivity index (χ2n) is 5.69. The van der Waals surface area contributed by atoms with E-state index in [1.54, 1.807) is 0 Å². The molecule has 0 amide bonds. The van der Waals surface area contributed by atoms with Crippen LogP contribution in [0.15, 0.2) is 4.99 Å². The third-order valence-electron chi connectivity index (χ3n) is 4.25. The van der Waals surface area contributed by atoms with E-state index >= 15 is 0 Å². The summed E-state index contributed by atoms with van der Waals surface area (Å²) in [6, 6.07) is 0.574. The van der Waals surface area contributed by atoms with Crippen molar-refractivity contribution in [2.45, 2.75) is 70.3 Å². The van der Waals surface area contributed by atoms with Gasteiger partial charge in [-0.1, -0.05) is 44.9 Å². The van der Waals surface area contributed by atoms with Gasteiger partial charge in [0, 0.05) is 12.6 Å². The molecular formula is C14H27N3. The van der Waals surface area contributed by atoms with Gasteiger partial charge >= 0.3 is 0 Å². The molecule has 3 heteroatoms. The molecule has 2 aliphatic rings. The van der Waals surface area contributed by atoms with Crippen LogP contribution in [-0.4, -0.2) is 18.5 Å². The van der Waals surface area contributed by atoms with Crippen molar-refractivity contribution in [3.63, 3.8) is 0 Å². The highest BCUT2D eigenvalue weighted by atomic mass is 15.1. The third-order valence-corrected chi connectivity index (χ3v) is 4.25. The Labute approximate surface area is 105 Å². The Morgan fingerprint density at radius 1 is 1.00 bits per heavy atom. The maximum absolute atomic E-state index is 5.94. The quantitative estimate of drug-likeness (QED) is 0.449. The van der Waals surface area contributed by atoms with E-state index in [0.29, 0.717) is 12.0 Å². The van der Waals surface area contributed by atoms with Crippen LogP contribution in [-0.2, 0) is 0 Å². The third kappa shape index (κ3) is 4.57. The summed E-state index contributed by atoms with van der Waals surface area (Å²) in [5.41, 5.74) is 5.94. The molecule has 0 heterocycles. The van der Waals surface area contributed by atoms with Crippen LogP contribution in [0.5, 0.6) is 0 Å². The van der Waals surface area contributed by atoms with Crippen molar-refractivity contribution < 1.29 is 0 Å². The summed E-state index contributed by atoms with van der Waals surface area (Å²) in [5, 5.41) is 3.40. The molecule has 17 heavy (non-hydrogen) atoms. The minimum atomic E-state index is 0.574. The largest absolute Gasteiger partial charge is 0.370 e. The Bertz CT molecular complexity index is 238. The van der Waals surface area contributed by atoms with Gasteiger partial charge in [-0.15, -0.1) is 0 Å². The molecule has 0 saturated heterocycles. The number of nitrogens with two attached hydrogens (primary N) is 1. The molecule has 2 fully saturated rings. The second-order valence-corrected chi connectivity index (χ2v) is 5.69. The molecule has 0 aromatic carbocycles. The fourth-order valence-electron chi connectivity index (χ4n) is 2.83. The van der Waals surface area contributed by atoms with Gasteiger partial charge in [-0.25, -0.2) is 0 Å². The van der Waals surface area contributed by atoms with Crippen LogP contribution in [0.3, 0.4) is 0 Å². The molecule has 0 unspecified atom stereocenters. The standard InChI is InChI=1S/C14H27N3/c15-14(16-11-10-12-6-5-7-12)17-13-8-3-1-2-4-9-13/h12-13H,1-11H2,(H3,15,16,17). The van der Waals surface area contributed by atoms with Gasteiger partial charge in [0.25, 0.3) is 0 Å². The number of hydrogen-bond acceptors (Lipinski definition) is 1. The van der Waals surface area contributed by atoms with E-state index in [-0.39, 0.29) is 0 Å². The summed E-state index contributed by atoms with van der Waals surface area (Å²) in [6.07, 6.45) is 13.4. The lowest BCUT2D eigenvalue weighted by molar-refractivity contribution is 0.300. The van der Waals surface area contributed by atoms with Crippen molar-refractivity contribution >= 4 is 5.96 Å². The smallest absolute Gasteiger partial charge is 0.188 e. The van der Waals surface area contributed by atoms with Crippen LogP contribution in [0.4, 0.5) is 0 Å².